The first-order valence-electron chi connectivity index (χ1n) is 12.9. The highest BCUT2D eigenvalue weighted by molar-refractivity contribution is 6.46. The minimum absolute atomic E-state index is 0.0515. The van der Waals surface area contributed by atoms with Crippen LogP contribution >= 0.6 is 0 Å². The second-order valence-electron chi connectivity index (χ2n) is 11.1. The molecule has 3 aromatic carbocycles. The molecule has 2 unspecified atom stereocenters. The topological polar surface area (TPSA) is 76.1 Å². The van der Waals surface area contributed by atoms with E-state index in [0.29, 0.717) is 11.3 Å². The third-order valence-corrected chi connectivity index (χ3v) is 6.80. The Hall–Kier alpha value is -4.06. The molecule has 1 fully saturated rings. The van der Waals surface area contributed by atoms with Gasteiger partial charge in [-0.15, -0.1) is 0 Å². The number of ketones is 1. The Balaban J connectivity index is 1.62. The SMILES string of the molecule is Cc1cccc(C2/C(=C(/O)c3ccc4c(c3)CC(C)O4)C(=O)C(=O)N2Cc2ccccc2OC(C)(C)C)c1. The molecule has 2 aliphatic rings. The van der Waals surface area contributed by atoms with E-state index in [1.807, 2.05) is 95.3 Å². The van der Waals surface area contributed by atoms with E-state index >= 15 is 0 Å². The zero-order valence-electron chi connectivity index (χ0n) is 22.4. The summed E-state index contributed by atoms with van der Waals surface area (Å²) in [4.78, 5) is 28.6. The number of ether oxygens (including phenoxy) is 2. The van der Waals surface area contributed by atoms with Crippen molar-refractivity contribution in [1.29, 1.82) is 0 Å². The Labute approximate surface area is 223 Å². The van der Waals surface area contributed by atoms with E-state index in [1.54, 1.807) is 6.07 Å². The predicted molar refractivity (Wildman–Crippen MR) is 146 cm³/mol. The largest absolute Gasteiger partial charge is 0.507 e. The van der Waals surface area contributed by atoms with Crippen LogP contribution in [0.4, 0.5) is 0 Å². The summed E-state index contributed by atoms with van der Waals surface area (Å²) in [6.45, 7) is 10.00. The molecule has 2 aliphatic heterocycles. The number of fused-ring (bicyclic) bond motifs is 1. The van der Waals surface area contributed by atoms with Crippen LogP contribution in [-0.4, -0.2) is 33.4 Å². The Kier molecular flexibility index (Phi) is 6.51. The third kappa shape index (κ3) is 4.91. The molecule has 5 rings (SSSR count). The van der Waals surface area contributed by atoms with Gasteiger partial charge in [-0.05, 0) is 70.0 Å². The number of nitrogens with zero attached hydrogens (tertiary/aromatic N) is 1. The highest BCUT2D eigenvalue weighted by Crippen LogP contribution is 2.42. The first-order valence-corrected chi connectivity index (χ1v) is 12.9. The zero-order chi connectivity index (χ0) is 27.2. The number of aliphatic hydroxyl groups excluding tert-OH is 1. The molecule has 1 saturated heterocycles. The predicted octanol–water partition coefficient (Wildman–Crippen LogP) is 6.12. The van der Waals surface area contributed by atoms with Crippen LogP contribution < -0.4 is 9.47 Å². The number of hydrogen-bond acceptors (Lipinski definition) is 5. The van der Waals surface area contributed by atoms with Crippen LogP contribution in [0.3, 0.4) is 0 Å². The van der Waals surface area contributed by atoms with Gasteiger partial charge in [-0.1, -0.05) is 48.0 Å². The lowest BCUT2D eigenvalue weighted by Crippen LogP contribution is -2.30. The molecule has 2 heterocycles. The molecule has 196 valence electrons. The second kappa shape index (κ2) is 9.67. The van der Waals surface area contributed by atoms with Crippen LogP contribution in [0.5, 0.6) is 11.5 Å². The van der Waals surface area contributed by atoms with Gasteiger partial charge < -0.3 is 19.5 Å². The highest BCUT2D eigenvalue weighted by Gasteiger charge is 2.46. The van der Waals surface area contributed by atoms with Crippen LogP contribution in [0.2, 0.25) is 0 Å². The van der Waals surface area contributed by atoms with Gasteiger partial charge in [0, 0.05) is 17.5 Å². The number of hydrogen-bond donors (Lipinski definition) is 1. The van der Waals surface area contributed by atoms with E-state index in [1.165, 1.54) is 4.90 Å². The monoisotopic (exact) mass is 511 g/mol. The van der Waals surface area contributed by atoms with Crippen molar-refractivity contribution in [3.63, 3.8) is 0 Å². The number of aryl methyl sites for hydroxylation is 1. The quantitative estimate of drug-likeness (QED) is 0.254. The number of para-hydroxylation sites is 1. The van der Waals surface area contributed by atoms with Gasteiger partial charge in [0.25, 0.3) is 11.7 Å². The smallest absolute Gasteiger partial charge is 0.295 e. The summed E-state index contributed by atoms with van der Waals surface area (Å²) in [6, 6.07) is 19.9. The summed E-state index contributed by atoms with van der Waals surface area (Å²) in [5.74, 6) is -0.105. The lowest BCUT2D eigenvalue weighted by Gasteiger charge is -2.28. The van der Waals surface area contributed by atoms with E-state index in [4.69, 9.17) is 9.47 Å². The summed E-state index contributed by atoms with van der Waals surface area (Å²) >= 11 is 0. The summed E-state index contributed by atoms with van der Waals surface area (Å²) in [5, 5.41) is 11.5. The number of rotatable bonds is 5. The first kappa shape index (κ1) is 25.6. The summed E-state index contributed by atoms with van der Waals surface area (Å²) in [7, 11) is 0. The average Bonchev–Trinajstić information content (AvgIpc) is 3.35. The van der Waals surface area contributed by atoms with E-state index in [0.717, 1.165) is 34.4 Å². The van der Waals surface area contributed by atoms with Gasteiger partial charge in [0.2, 0.25) is 0 Å². The molecule has 1 amide bonds. The van der Waals surface area contributed by atoms with Crippen molar-refractivity contribution in [3.05, 3.63) is 100 Å². The van der Waals surface area contributed by atoms with Gasteiger partial charge in [0.1, 0.15) is 29.0 Å². The Morgan fingerprint density at radius 3 is 2.55 bits per heavy atom. The van der Waals surface area contributed by atoms with Gasteiger partial charge >= 0.3 is 0 Å². The van der Waals surface area contributed by atoms with E-state index < -0.39 is 23.3 Å². The molecular weight excluding hydrogens is 478 g/mol. The van der Waals surface area contributed by atoms with Gasteiger partial charge in [-0.25, -0.2) is 0 Å². The zero-order valence-corrected chi connectivity index (χ0v) is 22.4. The van der Waals surface area contributed by atoms with Crippen molar-refractivity contribution in [2.45, 2.75) is 65.3 Å². The van der Waals surface area contributed by atoms with Crippen molar-refractivity contribution >= 4 is 17.4 Å². The van der Waals surface area contributed by atoms with Gasteiger partial charge in [-0.2, -0.15) is 0 Å². The molecule has 2 atom stereocenters. The van der Waals surface area contributed by atoms with Crippen LogP contribution in [0.25, 0.3) is 5.76 Å². The molecule has 0 spiro atoms. The molecule has 0 saturated carbocycles. The second-order valence-corrected chi connectivity index (χ2v) is 11.1. The number of aliphatic hydroxyl groups is 1. The molecule has 38 heavy (non-hydrogen) atoms. The molecule has 6 nitrogen and oxygen atoms in total. The fourth-order valence-electron chi connectivity index (χ4n) is 5.20. The Bertz CT molecular complexity index is 1450. The standard InChI is InChI=1S/C32H33NO5/c1-19-9-8-11-21(15-19)28-27(29(34)22-13-14-25-24(17-22)16-20(2)37-25)30(35)31(36)33(28)18-23-10-6-7-12-26(23)38-32(3,4)5/h6-15,17,20,28,34H,16,18H2,1-5H3/b29-27-. The maximum Gasteiger partial charge on any atom is 0.295 e. The van der Waals surface area contributed by atoms with Gasteiger partial charge in [0.15, 0.2) is 0 Å². The summed E-state index contributed by atoms with van der Waals surface area (Å²) in [6.07, 6.45) is 0.770. The van der Waals surface area contributed by atoms with Crippen molar-refractivity contribution in [1.82, 2.24) is 4.90 Å². The molecule has 3 aromatic rings. The number of carbonyl (C=O) groups is 2. The minimum atomic E-state index is -0.749. The molecular formula is C32H33NO5. The maximum atomic E-state index is 13.5. The summed E-state index contributed by atoms with van der Waals surface area (Å²) in [5.41, 5.74) is 3.65. The Morgan fingerprint density at radius 1 is 1.05 bits per heavy atom. The normalized spacial score (nSPS) is 20.4. The first-order chi connectivity index (χ1) is 18.0. The number of carbonyl (C=O) groups excluding carboxylic acids is 2. The maximum absolute atomic E-state index is 13.5. The van der Waals surface area contributed by atoms with Crippen molar-refractivity contribution < 1.29 is 24.2 Å². The molecule has 0 bridgehead atoms. The third-order valence-electron chi connectivity index (χ3n) is 6.80. The molecule has 1 N–H and O–H groups in total. The minimum Gasteiger partial charge on any atom is -0.507 e. The van der Waals surface area contributed by atoms with Gasteiger partial charge in [0.05, 0.1) is 18.2 Å². The number of Topliss-reactive ketones (excluding diaryl/α,β-unsaturated/α-hetero) is 1. The van der Waals surface area contributed by atoms with Crippen molar-refractivity contribution in [2.24, 2.45) is 0 Å². The summed E-state index contributed by atoms with van der Waals surface area (Å²) < 4.78 is 12.0. The number of amides is 1. The molecule has 0 aliphatic carbocycles. The lowest BCUT2D eigenvalue weighted by atomic mass is 9.93. The number of benzene rings is 3. The van der Waals surface area contributed by atoms with Crippen molar-refractivity contribution in [3.8, 4) is 11.5 Å². The van der Waals surface area contributed by atoms with E-state index in [9.17, 15) is 14.7 Å². The van der Waals surface area contributed by atoms with Gasteiger partial charge in [-0.3, -0.25) is 9.59 Å². The van der Waals surface area contributed by atoms with Crippen LogP contribution in [0.15, 0.2) is 72.3 Å². The Morgan fingerprint density at radius 2 is 1.82 bits per heavy atom. The molecule has 0 aromatic heterocycles. The molecule has 0 radical (unpaired) electrons. The average molecular weight is 512 g/mol. The van der Waals surface area contributed by atoms with Crippen molar-refractivity contribution in [2.75, 3.05) is 0 Å². The van der Waals surface area contributed by atoms with Crippen LogP contribution in [0, 0.1) is 6.92 Å². The van der Waals surface area contributed by atoms with E-state index in [2.05, 4.69) is 0 Å². The lowest BCUT2D eigenvalue weighted by molar-refractivity contribution is -0.140. The van der Waals surface area contributed by atoms with Crippen LogP contribution in [0.1, 0.15) is 61.6 Å². The number of likely N-dealkylation sites (tertiary alicyclic amines) is 1. The van der Waals surface area contributed by atoms with Crippen LogP contribution in [-0.2, 0) is 22.6 Å². The fourth-order valence-corrected chi connectivity index (χ4v) is 5.20. The molecule has 6 heteroatoms. The fraction of sp³-hybridized carbons (Fsp3) is 0.312. The van der Waals surface area contributed by atoms with E-state index in [-0.39, 0.29) is 24.0 Å². The highest BCUT2D eigenvalue weighted by atomic mass is 16.5.